The van der Waals surface area contributed by atoms with Crippen LogP contribution in [0.25, 0.3) is 11.1 Å². The predicted molar refractivity (Wildman–Crippen MR) is 102 cm³/mol. The average molecular weight is 378 g/mol. The predicted octanol–water partition coefficient (Wildman–Crippen LogP) is 4.91. The van der Waals surface area contributed by atoms with Crippen molar-refractivity contribution >= 4 is 11.6 Å². The van der Waals surface area contributed by atoms with Crippen LogP contribution in [0.3, 0.4) is 0 Å². The molecule has 0 saturated carbocycles. The fourth-order valence-electron chi connectivity index (χ4n) is 2.54. The number of ether oxygens (including phenoxy) is 1. The van der Waals surface area contributed by atoms with Gasteiger partial charge >= 0.3 is 0 Å². The number of benzene rings is 3. The lowest BCUT2D eigenvalue weighted by atomic mass is 10.0. The van der Waals surface area contributed by atoms with Gasteiger partial charge in [0.15, 0.2) is 17.7 Å². The van der Waals surface area contributed by atoms with Gasteiger partial charge in [-0.3, -0.25) is 4.79 Å². The Bertz CT molecular complexity index is 1030. The molecule has 3 aromatic rings. The van der Waals surface area contributed by atoms with E-state index in [1.165, 1.54) is 6.07 Å². The number of hydrogen-bond acceptors (Lipinski definition) is 3. The number of hydrogen-bond donors (Lipinski definition) is 1. The Morgan fingerprint density at radius 2 is 1.57 bits per heavy atom. The van der Waals surface area contributed by atoms with Crippen LogP contribution in [0, 0.1) is 23.0 Å². The van der Waals surface area contributed by atoms with Gasteiger partial charge in [-0.15, -0.1) is 0 Å². The van der Waals surface area contributed by atoms with Crippen molar-refractivity contribution in [2.45, 2.75) is 13.0 Å². The molecule has 1 atom stereocenters. The van der Waals surface area contributed by atoms with Gasteiger partial charge in [-0.1, -0.05) is 24.3 Å². The van der Waals surface area contributed by atoms with E-state index in [4.69, 9.17) is 10.00 Å². The largest absolute Gasteiger partial charge is 0.481 e. The first-order valence-corrected chi connectivity index (χ1v) is 8.49. The molecule has 28 heavy (non-hydrogen) atoms. The summed E-state index contributed by atoms with van der Waals surface area (Å²) in [6, 6.07) is 19.5. The van der Waals surface area contributed by atoms with Crippen LogP contribution in [0.1, 0.15) is 12.5 Å². The Hall–Kier alpha value is -3.72. The van der Waals surface area contributed by atoms with Crippen molar-refractivity contribution in [2.75, 3.05) is 5.32 Å². The first-order chi connectivity index (χ1) is 13.5. The fourth-order valence-corrected chi connectivity index (χ4v) is 2.54. The van der Waals surface area contributed by atoms with Gasteiger partial charge in [-0.05, 0) is 54.4 Å². The van der Waals surface area contributed by atoms with Crippen molar-refractivity contribution in [3.8, 4) is 22.9 Å². The normalized spacial score (nSPS) is 11.4. The maximum atomic E-state index is 13.2. The molecule has 6 heteroatoms. The Balaban J connectivity index is 1.63. The standard InChI is InChI=1S/C22H16F2N2O2/c1-14(22(27)26-18-8-11-20(23)21(24)12-18)28-19-9-6-17(7-10-19)16-4-2-15(13-25)3-5-16/h2-12,14H,1H3,(H,26,27). The molecule has 0 radical (unpaired) electrons. The highest BCUT2D eigenvalue weighted by Crippen LogP contribution is 2.23. The minimum atomic E-state index is -1.04. The Morgan fingerprint density at radius 1 is 0.964 bits per heavy atom. The van der Waals surface area contributed by atoms with Gasteiger partial charge in [-0.2, -0.15) is 5.26 Å². The van der Waals surface area contributed by atoms with Crippen LogP contribution in [0.2, 0.25) is 0 Å². The number of nitrogens with one attached hydrogen (secondary N) is 1. The molecule has 0 aliphatic heterocycles. The molecule has 3 rings (SSSR count). The minimum absolute atomic E-state index is 0.149. The molecule has 0 saturated heterocycles. The number of nitriles is 1. The van der Waals surface area contributed by atoms with Gasteiger partial charge < -0.3 is 10.1 Å². The maximum absolute atomic E-state index is 13.2. The first kappa shape index (κ1) is 19.1. The van der Waals surface area contributed by atoms with E-state index in [0.29, 0.717) is 11.3 Å². The third-order valence-electron chi connectivity index (χ3n) is 4.07. The molecule has 0 spiro atoms. The quantitative estimate of drug-likeness (QED) is 0.686. The molecule has 0 aliphatic rings. The number of carbonyl (C=O) groups excluding carboxylic acids is 1. The average Bonchev–Trinajstić information content (AvgIpc) is 2.71. The second-order valence-electron chi connectivity index (χ2n) is 6.09. The topological polar surface area (TPSA) is 62.1 Å². The lowest BCUT2D eigenvalue weighted by Crippen LogP contribution is -2.30. The summed E-state index contributed by atoms with van der Waals surface area (Å²) in [4.78, 5) is 12.2. The third-order valence-corrected chi connectivity index (χ3v) is 4.07. The summed E-state index contributed by atoms with van der Waals surface area (Å²) in [6.07, 6.45) is -0.839. The Morgan fingerprint density at radius 3 is 2.14 bits per heavy atom. The molecule has 1 amide bonds. The summed E-state index contributed by atoms with van der Waals surface area (Å²) in [6.45, 7) is 1.56. The summed E-state index contributed by atoms with van der Waals surface area (Å²) >= 11 is 0. The van der Waals surface area contributed by atoms with E-state index in [2.05, 4.69) is 11.4 Å². The maximum Gasteiger partial charge on any atom is 0.265 e. The molecule has 0 aliphatic carbocycles. The van der Waals surface area contributed by atoms with Crippen LogP contribution in [0.15, 0.2) is 66.7 Å². The van der Waals surface area contributed by atoms with Crippen LogP contribution in [-0.4, -0.2) is 12.0 Å². The SMILES string of the molecule is CC(Oc1ccc(-c2ccc(C#N)cc2)cc1)C(=O)Nc1ccc(F)c(F)c1. The molecule has 1 N–H and O–H groups in total. The fraction of sp³-hybridized carbons (Fsp3) is 0.0909. The molecular formula is C22H16F2N2O2. The second-order valence-corrected chi connectivity index (χ2v) is 6.09. The van der Waals surface area contributed by atoms with E-state index in [-0.39, 0.29) is 5.69 Å². The van der Waals surface area contributed by atoms with E-state index >= 15 is 0 Å². The summed E-state index contributed by atoms with van der Waals surface area (Å²) < 4.78 is 31.8. The van der Waals surface area contributed by atoms with E-state index < -0.39 is 23.6 Å². The highest BCUT2D eigenvalue weighted by atomic mass is 19.2. The summed E-state index contributed by atoms with van der Waals surface area (Å²) in [5.41, 5.74) is 2.63. The highest BCUT2D eigenvalue weighted by Gasteiger charge is 2.16. The van der Waals surface area contributed by atoms with Gasteiger partial charge in [0, 0.05) is 11.8 Å². The van der Waals surface area contributed by atoms with Crippen molar-refractivity contribution in [3.05, 3.63) is 83.9 Å². The van der Waals surface area contributed by atoms with Crippen LogP contribution < -0.4 is 10.1 Å². The number of nitrogens with zero attached hydrogens (tertiary/aromatic N) is 1. The minimum Gasteiger partial charge on any atom is -0.481 e. The van der Waals surface area contributed by atoms with Crippen LogP contribution >= 0.6 is 0 Å². The van der Waals surface area contributed by atoms with Gasteiger partial charge in [-0.25, -0.2) is 8.78 Å². The molecule has 0 bridgehead atoms. The zero-order chi connectivity index (χ0) is 20.1. The lowest BCUT2D eigenvalue weighted by molar-refractivity contribution is -0.122. The monoisotopic (exact) mass is 378 g/mol. The zero-order valence-electron chi connectivity index (χ0n) is 14.9. The molecule has 0 heterocycles. The lowest BCUT2D eigenvalue weighted by Gasteiger charge is -2.15. The Kier molecular flexibility index (Phi) is 5.66. The van der Waals surface area contributed by atoms with E-state index in [0.717, 1.165) is 23.3 Å². The van der Waals surface area contributed by atoms with Crippen LogP contribution in [-0.2, 0) is 4.79 Å². The summed E-state index contributed by atoms with van der Waals surface area (Å²) in [5, 5.41) is 11.3. The van der Waals surface area contributed by atoms with Gasteiger partial charge in [0.2, 0.25) is 0 Å². The molecule has 1 unspecified atom stereocenters. The second kappa shape index (κ2) is 8.31. The molecule has 4 nitrogen and oxygen atoms in total. The first-order valence-electron chi connectivity index (χ1n) is 8.49. The van der Waals surface area contributed by atoms with Crippen molar-refractivity contribution in [1.82, 2.24) is 0 Å². The molecule has 140 valence electrons. The van der Waals surface area contributed by atoms with Crippen molar-refractivity contribution < 1.29 is 18.3 Å². The van der Waals surface area contributed by atoms with Gasteiger partial charge in [0.1, 0.15) is 5.75 Å². The molecule has 0 fully saturated rings. The van der Waals surface area contributed by atoms with Crippen LogP contribution in [0.4, 0.5) is 14.5 Å². The number of amides is 1. The molecule has 0 aromatic heterocycles. The van der Waals surface area contributed by atoms with Crippen LogP contribution in [0.5, 0.6) is 5.75 Å². The van der Waals surface area contributed by atoms with Gasteiger partial charge in [0.05, 0.1) is 11.6 Å². The van der Waals surface area contributed by atoms with Crippen molar-refractivity contribution in [1.29, 1.82) is 5.26 Å². The molecular weight excluding hydrogens is 362 g/mol. The van der Waals surface area contributed by atoms with Crippen molar-refractivity contribution in [2.24, 2.45) is 0 Å². The van der Waals surface area contributed by atoms with E-state index in [1.54, 1.807) is 31.2 Å². The number of carbonyl (C=O) groups is 1. The summed E-state index contributed by atoms with van der Waals surface area (Å²) in [7, 11) is 0. The third kappa shape index (κ3) is 4.51. The number of rotatable bonds is 5. The van der Waals surface area contributed by atoms with E-state index in [9.17, 15) is 13.6 Å². The Labute approximate surface area is 161 Å². The van der Waals surface area contributed by atoms with E-state index in [1.807, 2.05) is 24.3 Å². The number of halogens is 2. The highest BCUT2D eigenvalue weighted by molar-refractivity contribution is 5.94. The molecule has 3 aromatic carbocycles. The number of anilines is 1. The van der Waals surface area contributed by atoms with Gasteiger partial charge in [0.25, 0.3) is 5.91 Å². The smallest absolute Gasteiger partial charge is 0.265 e. The van der Waals surface area contributed by atoms with Crippen molar-refractivity contribution in [3.63, 3.8) is 0 Å². The zero-order valence-corrected chi connectivity index (χ0v) is 14.9. The summed E-state index contributed by atoms with van der Waals surface area (Å²) in [5.74, 6) is -2.01.